The van der Waals surface area contributed by atoms with Gasteiger partial charge in [0.05, 0.1) is 18.6 Å². The summed E-state index contributed by atoms with van der Waals surface area (Å²) >= 11 is 0. The van der Waals surface area contributed by atoms with Gasteiger partial charge in [-0.2, -0.15) is 0 Å². The van der Waals surface area contributed by atoms with Crippen LogP contribution >= 0.6 is 7.60 Å². The molecular formula is C24H22F2NO6P. The summed E-state index contributed by atoms with van der Waals surface area (Å²) in [4.78, 5) is 44.6. The van der Waals surface area contributed by atoms with E-state index in [2.05, 4.69) is 0 Å². The average molecular weight is 489 g/mol. The first kappa shape index (κ1) is 25.2. The van der Waals surface area contributed by atoms with Gasteiger partial charge in [-0.05, 0) is 47.0 Å². The second-order valence-electron chi connectivity index (χ2n) is 7.75. The van der Waals surface area contributed by atoms with Crippen molar-refractivity contribution < 1.29 is 37.8 Å². The van der Waals surface area contributed by atoms with E-state index in [4.69, 9.17) is 9.79 Å². The van der Waals surface area contributed by atoms with Crippen LogP contribution in [0.5, 0.6) is 0 Å². The number of halogens is 2. The van der Waals surface area contributed by atoms with E-state index in [9.17, 15) is 28.0 Å². The van der Waals surface area contributed by atoms with Crippen molar-refractivity contribution in [2.75, 3.05) is 0 Å². The summed E-state index contributed by atoms with van der Waals surface area (Å²) in [5.74, 6) is -2.98. The lowest BCUT2D eigenvalue weighted by Gasteiger charge is -2.32. The number of carboxylic acid groups (broad SMARTS) is 1. The van der Waals surface area contributed by atoms with E-state index in [0.717, 1.165) is 18.2 Å². The minimum atomic E-state index is -4.26. The first-order valence-corrected chi connectivity index (χ1v) is 12.0. The smallest absolute Gasteiger partial charge is 0.329 e. The zero-order valence-electron chi connectivity index (χ0n) is 17.8. The third kappa shape index (κ3) is 7.05. The molecule has 0 bridgehead atoms. The van der Waals surface area contributed by atoms with E-state index < -0.39 is 49.7 Å². The van der Waals surface area contributed by atoms with Crippen molar-refractivity contribution in [3.8, 4) is 0 Å². The monoisotopic (exact) mass is 489 g/mol. The molecule has 1 unspecified atom stereocenters. The number of carboxylic acids is 1. The Hall–Kier alpha value is -3.39. The molecule has 0 heterocycles. The van der Waals surface area contributed by atoms with Gasteiger partial charge in [0.1, 0.15) is 11.6 Å². The maximum absolute atomic E-state index is 13.8. The Bertz CT molecular complexity index is 1210. The molecule has 1 atom stereocenters. The lowest BCUT2D eigenvalue weighted by molar-refractivity contribution is -0.138. The highest BCUT2D eigenvalue weighted by molar-refractivity contribution is 7.50. The molecule has 3 rings (SSSR count). The number of amides is 1. The summed E-state index contributed by atoms with van der Waals surface area (Å²) in [7, 11) is -4.26. The summed E-state index contributed by atoms with van der Waals surface area (Å²) in [6.45, 7) is -0.0825. The first-order chi connectivity index (χ1) is 16.0. The molecule has 0 spiro atoms. The van der Waals surface area contributed by atoms with Gasteiger partial charge in [-0.15, -0.1) is 0 Å². The van der Waals surface area contributed by atoms with Crippen LogP contribution in [0.3, 0.4) is 0 Å². The van der Waals surface area contributed by atoms with E-state index in [0.29, 0.717) is 16.7 Å². The first-order valence-electron chi connectivity index (χ1n) is 10.2. The lowest BCUT2D eigenvalue weighted by atomic mass is 9.99. The fraction of sp³-hybridized carbons (Fsp3) is 0.167. The van der Waals surface area contributed by atoms with Gasteiger partial charge in [0.2, 0.25) is 0 Å². The minimum absolute atomic E-state index is 0.00983. The molecule has 0 aliphatic rings. The number of hydrogen-bond donors (Lipinski definition) is 3. The van der Waals surface area contributed by atoms with Crippen molar-refractivity contribution in [1.82, 2.24) is 4.90 Å². The van der Waals surface area contributed by atoms with Crippen LogP contribution in [-0.4, -0.2) is 31.7 Å². The molecular weight excluding hydrogens is 467 g/mol. The number of hydrogen-bond acceptors (Lipinski definition) is 3. The van der Waals surface area contributed by atoms with Crippen LogP contribution in [0.4, 0.5) is 8.78 Å². The summed E-state index contributed by atoms with van der Waals surface area (Å²) in [6.07, 6.45) is -0.931. The van der Waals surface area contributed by atoms with Crippen LogP contribution in [0.2, 0.25) is 0 Å². The Kier molecular flexibility index (Phi) is 7.94. The van der Waals surface area contributed by atoms with Gasteiger partial charge in [0.15, 0.2) is 0 Å². The van der Waals surface area contributed by atoms with Crippen molar-refractivity contribution in [3.05, 3.63) is 107 Å². The molecule has 0 aliphatic heterocycles. The van der Waals surface area contributed by atoms with Crippen LogP contribution in [-0.2, 0) is 22.1 Å². The molecule has 0 saturated carbocycles. The molecule has 3 aromatic rings. The normalized spacial score (nSPS) is 12.2. The van der Waals surface area contributed by atoms with Crippen molar-refractivity contribution in [3.63, 3.8) is 0 Å². The number of nitrogens with zero attached hydrogens (tertiary/aromatic N) is 1. The van der Waals surface area contributed by atoms with E-state index >= 15 is 0 Å². The molecule has 3 N–H and O–H groups in total. The topological polar surface area (TPSA) is 115 Å². The zero-order valence-corrected chi connectivity index (χ0v) is 18.7. The molecule has 0 aliphatic carbocycles. The highest BCUT2D eigenvalue weighted by Crippen LogP contribution is 2.39. The average Bonchev–Trinajstić information content (AvgIpc) is 2.76. The van der Waals surface area contributed by atoms with Crippen molar-refractivity contribution in [1.29, 1.82) is 0 Å². The highest BCUT2D eigenvalue weighted by Gasteiger charge is 2.29. The molecule has 178 valence electrons. The molecule has 0 fully saturated rings. The highest BCUT2D eigenvalue weighted by atomic mass is 31.2. The van der Waals surface area contributed by atoms with Crippen LogP contribution in [0.1, 0.15) is 39.5 Å². The van der Waals surface area contributed by atoms with Gasteiger partial charge >= 0.3 is 13.6 Å². The van der Waals surface area contributed by atoms with Crippen molar-refractivity contribution in [2.45, 2.75) is 25.2 Å². The predicted octanol–water partition coefficient (Wildman–Crippen LogP) is 4.50. The van der Waals surface area contributed by atoms with Crippen LogP contribution in [0.15, 0.2) is 72.8 Å². The van der Waals surface area contributed by atoms with Crippen molar-refractivity contribution >= 4 is 19.5 Å². The second-order valence-corrected chi connectivity index (χ2v) is 9.39. The van der Waals surface area contributed by atoms with Crippen LogP contribution in [0.25, 0.3) is 0 Å². The van der Waals surface area contributed by atoms with Crippen LogP contribution < -0.4 is 0 Å². The number of aliphatic carboxylic acids is 1. The molecule has 7 nitrogen and oxygen atoms in total. The number of carbonyl (C=O) groups is 2. The number of benzene rings is 3. The van der Waals surface area contributed by atoms with E-state index in [-0.39, 0.29) is 12.1 Å². The van der Waals surface area contributed by atoms with Crippen LogP contribution in [0, 0.1) is 11.6 Å². The van der Waals surface area contributed by atoms with Gasteiger partial charge in [0, 0.05) is 12.1 Å². The van der Waals surface area contributed by atoms with Gasteiger partial charge in [-0.25, -0.2) is 8.78 Å². The number of carbonyl (C=O) groups excluding carboxylic acids is 1. The van der Waals surface area contributed by atoms with Gasteiger partial charge in [-0.1, -0.05) is 42.5 Å². The predicted molar refractivity (Wildman–Crippen MR) is 120 cm³/mol. The fourth-order valence-electron chi connectivity index (χ4n) is 3.55. The van der Waals surface area contributed by atoms with Gasteiger partial charge in [0.25, 0.3) is 5.91 Å². The molecule has 10 heteroatoms. The fourth-order valence-corrected chi connectivity index (χ4v) is 4.24. The second kappa shape index (κ2) is 10.7. The summed E-state index contributed by atoms with van der Waals surface area (Å²) < 4.78 is 38.5. The van der Waals surface area contributed by atoms with Gasteiger partial charge < -0.3 is 19.8 Å². The molecule has 0 saturated heterocycles. The minimum Gasteiger partial charge on any atom is -0.481 e. The molecule has 0 aromatic heterocycles. The molecule has 3 aromatic carbocycles. The largest absolute Gasteiger partial charge is 0.481 e. The Balaban J connectivity index is 2.01. The number of rotatable bonds is 9. The Morgan fingerprint density at radius 1 is 0.882 bits per heavy atom. The van der Waals surface area contributed by atoms with Crippen molar-refractivity contribution in [2.24, 2.45) is 0 Å². The summed E-state index contributed by atoms with van der Waals surface area (Å²) in [5, 5.41) is 9.51. The van der Waals surface area contributed by atoms with E-state index in [1.54, 1.807) is 12.1 Å². The maximum atomic E-state index is 13.8. The molecule has 0 radical (unpaired) electrons. The summed E-state index contributed by atoms with van der Waals surface area (Å²) in [6, 6.07) is 15.2. The maximum Gasteiger partial charge on any atom is 0.329 e. The quantitative estimate of drug-likeness (QED) is 0.381. The van der Waals surface area contributed by atoms with Gasteiger partial charge in [-0.3, -0.25) is 14.2 Å². The standard InChI is InChI=1S/C24H22F2NO6P/c25-20-10-8-18(9-11-20)22(13-23(28)29)27(24(30)19-2-1-3-21(26)12-19)14-16-4-6-17(7-5-16)15-34(31,32)33/h1-12,22H,13-15H2,(H,28,29)(H2,31,32,33). The Morgan fingerprint density at radius 2 is 1.50 bits per heavy atom. The zero-order chi connectivity index (χ0) is 24.9. The Labute approximate surface area is 194 Å². The SMILES string of the molecule is O=C(O)CC(c1ccc(F)cc1)N(Cc1ccc(CP(=O)(O)O)cc1)C(=O)c1cccc(F)c1. The third-order valence-electron chi connectivity index (χ3n) is 5.10. The molecule has 1 amide bonds. The Morgan fingerprint density at radius 3 is 2.06 bits per heavy atom. The molecule has 34 heavy (non-hydrogen) atoms. The van der Waals surface area contributed by atoms with E-state index in [1.807, 2.05) is 0 Å². The third-order valence-corrected chi connectivity index (χ3v) is 5.87. The van der Waals surface area contributed by atoms with E-state index in [1.165, 1.54) is 47.4 Å². The lowest BCUT2D eigenvalue weighted by Crippen LogP contribution is -2.36. The summed E-state index contributed by atoms with van der Waals surface area (Å²) in [5.41, 5.74) is 1.33.